The van der Waals surface area contributed by atoms with E-state index < -0.39 is 12.0 Å². The zero-order chi connectivity index (χ0) is 17.4. The zero-order valence-corrected chi connectivity index (χ0v) is 13.7. The largest absolute Gasteiger partial charge is 0.481 e. The van der Waals surface area contributed by atoms with Gasteiger partial charge in [-0.05, 0) is 17.7 Å². The van der Waals surface area contributed by atoms with Crippen LogP contribution in [0.3, 0.4) is 0 Å². The molecule has 0 aliphatic rings. The van der Waals surface area contributed by atoms with E-state index >= 15 is 0 Å². The lowest BCUT2D eigenvalue weighted by atomic mass is 10.1. The van der Waals surface area contributed by atoms with Crippen LogP contribution in [0.1, 0.15) is 15.9 Å². The van der Waals surface area contributed by atoms with Gasteiger partial charge < -0.3 is 10.4 Å². The van der Waals surface area contributed by atoms with E-state index in [0.29, 0.717) is 23.7 Å². The maximum atomic E-state index is 12.3. The molecule has 2 aromatic rings. The average molecular weight is 343 g/mol. The molecule has 1 atom stereocenters. The lowest BCUT2D eigenvalue weighted by Gasteiger charge is -2.17. The van der Waals surface area contributed by atoms with Gasteiger partial charge in [-0.1, -0.05) is 60.3 Å². The van der Waals surface area contributed by atoms with Gasteiger partial charge in [0.05, 0.1) is 5.75 Å². The van der Waals surface area contributed by atoms with Gasteiger partial charge in [-0.2, -0.15) is 0 Å². The molecule has 0 aliphatic carbocycles. The first kappa shape index (κ1) is 17.7. The molecule has 2 rings (SSSR count). The summed E-state index contributed by atoms with van der Waals surface area (Å²) in [6, 6.07) is 17.1. The summed E-state index contributed by atoms with van der Waals surface area (Å²) >= 11 is 0.696. The fourth-order valence-electron chi connectivity index (χ4n) is 2.11. The predicted molar refractivity (Wildman–Crippen MR) is 92.9 cm³/mol. The number of hydrogen-bond donors (Lipinski definition) is 2. The van der Waals surface area contributed by atoms with Crippen molar-refractivity contribution in [2.45, 2.75) is 12.5 Å². The van der Waals surface area contributed by atoms with Gasteiger partial charge in [0.15, 0.2) is 0 Å². The summed E-state index contributed by atoms with van der Waals surface area (Å²) in [5.41, 5.74) is 1.34. The van der Waals surface area contributed by atoms with E-state index in [1.165, 1.54) is 0 Å². The molecule has 0 heterocycles. The van der Waals surface area contributed by atoms with Gasteiger partial charge in [0.25, 0.3) is 5.91 Å². The molecule has 0 fully saturated rings. The number of rotatable bonds is 7. The maximum absolute atomic E-state index is 12.3. The summed E-state index contributed by atoms with van der Waals surface area (Å²) in [5.74, 6) is -1.76. The quantitative estimate of drug-likeness (QED) is 0.806. The first-order valence-corrected chi connectivity index (χ1v) is 8.33. The molecule has 2 N–H and O–H groups in total. The molecular weight excluding hydrogens is 326 g/mol. The summed E-state index contributed by atoms with van der Waals surface area (Å²) < 4.78 is 0. The minimum absolute atomic E-state index is 0.310. The molecule has 5 nitrogen and oxygen atoms in total. The standard InChI is InChI=1S/C18H17NO4S/c20-16(21)12-24-18(23)15(11-13-7-3-1-4-8-13)19-17(22)14-9-5-2-6-10-14/h1-10,15H,11-12H2,(H,19,22)(H,20,21)/t15-/m0/s1. The summed E-state index contributed by atoms with van der Waals surface area (Å²) in [7, 11) is 0. The van der Waals surface area contributed by atoms with Gasteiger partial charge in [0, 0.05) is 12.0 Å². The molecular formula is C18H17NO4S. The Labute approximate surface area is 144 Å². The first-order valence-electron chi connectivity index (χ1n) is 7.34. The summed E-state index contributed by atoms with van der Waals surface area (Å²) in [6.45, 7) is 0. The van der Waals surface area contributed by atoms with Crippen molar-refractivity contribution < 1.29 is 19.5 Å². The number of aliphatic carboxylic acids is 1. The van der Waals surface area contributed by atoms with E-state index in [1.807, 2.05) is 30.3 Å². The van der Waals surface area contributed by atoms with Gasteiger partial charge in [0.2, 0.25) is 5.12 Å². The average Bonchev–Trinajstić information content (AvgIpc) is 2.60. The Morgan fingerprint density at radius 2 is 1.54 bits per heavy atom. The molecule has 0 spiro atoms. The molecule has 0 radical (unpaired) electrons. The van der Waals surface area contributed by atoms with Crippen LogP contribution in [0.25, 0.3) is 0 Å². The van der Waals surface area contributed by atoms with Crippen molar-refractivity contribution in [2.75, 3.05) is 5.75 Å². The van der Waals surface area contributed by atoms with Crippen molar-refractivity contribution in [3.63, 3.8) is 0 Å². The highest BCUT2D eigenvalue weighted by molar-refractivity contribution is 8.14. The predicted octanol–water partition coefficient (Wildman–Crippen LogP) is 2.37. The fourth-order valence-corrected chi connectivity index (χ4v) is 2.72. The molecule has 6 heteroatoms. The number of carboxylic acid groups (broad SMARTS) is 1. The minimum Gasteiger partial charge on any atom is -0.481 e. The monoisotopic (exact) mass is 343 g/mol. The van der Waals surface area contributed by atoms with E-state index in [1.54, 1.807) is 30.3 Å². The molecule has 0 saturated carbocycles. The van der Waals surface area contributed by atoms with Crippen LogP contribution in [0.2, 0.25) is 0 Å². The summed E-state index contributed by atoms with van der Waals surface area (Å²) in [6.07, 6.45) is 0.310. The zero-order valence-electron chi connectivity index (χ0n) is 12.8. The number of benzene rings is 2. The number of carboxylic acids is 1. The third-order valence-electron chi connectivity index (χ3n) is 3.25. The van der Waals surface area contributed by atoms with Gasteiger partial charge in [0.1, 0.15) is 6.04 Å². The van der Waals surface area contributed by atoms with Crippen molar-refractivity contribution in [2.24, 2.45) is 0 Å². The third-order valence-corrected chi connectivity index (χ3v) is 4.21. The minimum atomic E-state index is -1.07. The lowest BCUT2D eigenvalue weighted by Crippen LogP contribution is -2.41. The van der Waals surface area contributed by atoms with E-state index in [0.717, 1.165) is 5.56 Å². The Balaban J connectivity index is 2.11. The van der Waals surface area contributed by atoms with Crippen molar-refractivity contribution >= 4 is 28.8 Å². The number of hydrogen-bond acceptors (Lipinski definition) is 4. The van der Waals surface area contributed by atoms with Gasteiger partial charge in [-0.15, -0.1) is 0 Å². The Hall–Kier alpha value is -2.60. The summed E-state index contributed by atoms with van der Waals surface area (Å²) in [5, 5.41) is 11.1. The van der Waals surface area contributed by atoms with Crippen molar-refractivity contribution in [3.8, 4) is 0 Å². The lowest BCUT2D eigenvalue weighted by molar-refractivity contribution is -0.134. The van der Waals surface area contributed by atoms with Gasteiger partial charge in [-0.3, -0.25) is 14.4 Å². The van der Waals surface area contributed by atoms with E-state index in [4.69, 9.17) is 5.11 Å². The molecule has 1 amide bonds. The summed E-state index contributed by atoms with van der Waals surface area (Å²) in [4.78, 5) is 35.3. The Morgan fingerprint density at radius 1 is 0.958 bits per heavy atom. The fraction of sp³-hybridized carbons (Fsp3) is 0.167. The second kappa shape index (κ2) is 8.88. The molecule has 0 aliphatic heterocycles. The van der Waals surface area contributed by atoms with Crippen LogP contribution in [0.15, 0.2) is 60.7 Å². The van der Waals surface area contributed by atoms with E-state index in [9.17, 15) is 14.4 Å². The van der Waals surface area contributed by atoms with Crippen LogP contribution < -0.4 is 5.32 Å². The molecule has 0 saturated heterocycles. The second-order valence-corrected chi connectivity index (χ2v) is 6.06. The van der Waals surface area contributed by atoms with Crippen LogP contribution in [-0.2, 0) is 16.0 Å². The Kier molecular flexibility index (Phi) is 6.57. The Morgan fingerprint density at radius 3 is 2.12 bits per heavy atom. The Bertz CT molecular complexity index is 703. The maximum Gasteiger partial charge on any atom is 0.313 e. The molecule has 0 unspecified atom stereocenters. The van der Waals surface area contributed by atoms with Crippen LogP contribution in [0.5, 0.6) is 0 Å². The SMILES string of the molecule is O=C(O)CSC(=O)[C@H](Cc1ccccc1)NC(=O)c1ccccc1. The smallest absolute Gasteiger partial charge is 0.313 e. The highest BCUT2D eigenvalue weighted by Crippen LogP contribution is 2.12. The number of amides is 1. The number of carbonyl (C=O) groups excluding carboxylic acids is 2. The first-order chi connectivity index (χ1) is 11.6. The third kappa shape index (κ3) is 5.55. The van der Waals surface area contributed by atoms with Crippen molar-refractivity contribution in [1.82, 2.24) is 5.32 Å². The number of thioether (sulfide) groups is 1. The number of carbonyl (C=O) groups is 3. The van der Waals surface area contributed by atoms with Crippen LogP contribution >= 0.6 is 11.8 Å². The number of nitrogens with one attached hydrogen (secondary N) is 1. The van der Waals surface area contributed by atoms with Crippen molar-refractivity contribution in [1.29, 1.82) is 0 Å². The van der Waals surface area contributed by atoms with Gasteiger partial charge >= 0.3 is 5.97 Å². The molecule has 0 aromatic heterocycles. The second-order valence-electron chi connectivity index (χ2n) is 5.08. The van der Waals surface area contributed by atoms with Crippen LogP contribution in [0.4, 0.5) is 0 Å². The molecule has 124 valence electrons. The normalized spacial score (nSPS) is 11.5. The van der Waals surface area contributed by atoms with Gasteiger partial charge in [-0.25, -0.2) is 0 Å². The van der Waals surface area contributed by atoms with Crippen LogP contribution in [0, 0.1) is 0 Å². The van der Waals surface area contributed by atoms with Crippen molar-refractivity contribution in [3.05, 3.63) is 71.8 Å². The molecule has 2 aromatic carbocycles. The molecule has 24 heavy (non-hydrogen) atoms. The topological polar surface area (TPSA) is 83.5 Å². The molecule has 0 bridgehead atoms. The van der Waals surface area contributed by atoms with E-state index in [2.05, 4.69) is 5.32 Å². The van der Waals surface area contributed by atoms with E-state index in [-0.39, 0.29) is 16.8 Å². The highest BCUT2D eigenvalue weighted by Gasteiger charge is 2.23. The highest BCUT2D eigenvalue weighted by atomic mass is 32.2. The van der Waals surface area contributed by atoms with Crippen LogP contribution in [-0.4, -0.2) is 33.9 Å².